The molecule has 1 saturated heterocycles. The van der Waals surface area contributed by atoms with Gasteiger partial charge in [-0.25, -0.2) is 4.98 Å². The van der Waals surface area contributed by atoms with Gasteiger partial charge in [0.2, 0.25) is 5.91 Å². The predicted molar refractivity (Wildman–Crippen MR) is 110 cm³/mol. The number of pyridine rings is 1. The first-order chi connectivity index (χ1) is 13.5. The molecule has 0 aliphatic carbocycles. The zero-order chi connectivity index (χ0) is 19.7. The molecule has 1 aliphatic heterocycles. The van der Waals surface area contributed by atoms with Crippen LogP contribution in [0.2, 0.25) is 0 Å². The second-order valence-electron chi connectivity index (χ2n) is 7.34. The average Bonchev–Trinajstić information content (AvgIpc) is 3.04. The van der Waals surface area contributed by atoms with Gasteiger partial charge in [0.25, 0.3) is 0 Å². The fourth-order valence-electron chi connectivity index (χ4n) is 3.48. The van der Waals surface area contributed by atoms with E-state index < -0.39 is 0 Å². The van der Waals surface area contributed by atoms with E-state index in [1.54, 1.807) is 11.0 Å². The highest BCUT2D eigenvalue weighted by Gasteiger charge is 2.19. The molecule has 28 heavy (non-hydrogen) atoms. The highest BCUT2D eigenvalue weighted by Crippen LogP contribution is 2.26. The van der Waals surface area contributed by atoms with Crippen molar-refractivity contribution in [3.05, 3.63) is 65.5 Å². The summed E-state index contributed by atoms with van der Waals surface area (Å²) in [6, 6.07) is 12.3. The van der Waals surface area contributed by atoms with Gasteiger partial charge >= 0.3 is 0 Å². The van der Waals surface area contributed by atoms with Crippen LogP contribution in [-0.2, 0) is 9.59 Å². The SMILES string of the molecule is Cc1ccc(-c2nc3cc(C)ccn3c2/C=C/C(=O)N2CCC(=O)CC2)cc1. The number of likely N-dealkylation sites (tertiary alicyclic amines) is 1. The lowest BCUT2D eigenvalue weighted by Crippen LogP contribution is -2.37. The van der Waals surface area contributed by atoms with Crippen molar-refractivity contribution >= 4 is 23.4 Å². The van der Waals surface area contributed by atoms with Crippen molar-refractivity contribution in [1.29, 1.82) is 0 Å². The molecular formula is C23H23N3O2. The molecule has 0 N–H and O–H groups in total. The summed E-state index contributed by atoms with van der Waals surface area (Å²) >= 11 is 0. The van der Waals surface area contributed by atoms with Crippen LogP contribution >= 0.6 is 0 Å². The van der Waals surface area contributed by atoms with Gasteiger partial charge in [-0.3, -0.25) is 14.0 Å². The van der Waals surface area contributed by atoms with Gasteiger partial charge < -0.3 is 4.90 Å². The topological polar surface area (TPSA) is 54.7 Å². The van der Waals surface area contributed by atoms with Crippen molar-refractivity contribution in [1.82, 2.24) is 14.3 Å². The Morgan fingerprint density at radius 1 is 1.04 bits per heavy atom. The Morgan fingerprint density at radius 2 is 1.75 bits per heavy atom. The summed E-state index contributed by atoms with van der Waals surface area (Å²) in [5, 5.41) is 0. The maximum atomic E-state index is 12.6. The Morgan fingerprint density at radius 3 is 2.46 bits per heavy atom. The molecule has 1 aromatic carbocycles. The first kappa shape index (κ1) is 18.2. The number of rotatable bonds is 3. The minimum Gasteiger partial charge on any atom is -0.338 e. The van der Waals surface area contributed by atoms with Gasteiger partial charge in [-0.05, 0) is 37.6 Å². The van der Waals surface area contributed by atoms with E-state index in [2.05, 4.69) is 31.2 Å². The highest BCUT2D eigenvalue weighted by molar-refractivity contribution is 5.94. The van der Waals surface area contributed by atoms with Gasteiger partial charge in [0.1, 0.15) is 11.4 Å². The number of ketones is 1. The number of carbonyl (C=O) groups excluding carboxylic acids is 2. The summed E-state index contributed by atoms with van der Waals surface area (Å²) < 4.78 is 2.01. The molecule has 4 rings (SSSR count). The largest absolute Gasteiger partial charge is 0.338 e. The van der Waals surface area contributed by atoms with Crippen molar-refractivity contribution < 1.29 is 9.59 Å². The molecule has 1 fully saturated rings. The molecule has 3 heterocycles. The minimum atomic E-state index is -0.0654. The third kappa shape index (κ3) is 3.60. The standard InChI is InChI=1S/C23H23N3O2/c1-16-3-5-18(6-4-16)23-20(26-14-9-17(2)15-21(26)24-23)7-8-22(28)25-12-10-19(27)11-13-25/h3-9,14-15H,10-13H2,1-2H3/b8-7+. The van der Waals surface area contributed by atoms with Gasteiger partial charge in [-0.2, -0.15) is 0 Å². The van der Waals surface area contributed by atoms with Crippen LogP contribution in [0.1, 0.15) is 29.7 Å². The number of aromatic nitrogens is 2. The molecule has 0 unspecified atom stereocenters. The summed E-state index contributed by atoms with van der Waals surface area (Å²) in [5.41, 5.74) is 5.92. The lowest BCUT2D eigenvalue weighted by molar-refractivity contribution is -0.130. The Bertz CT molecular complexity index is 1070. The normalized spacial score (nSPS) is 14.9. The predicted octanol–water partition coefficient (Wildman–Crippen LogP) is 3.82. The van der Waals surface area contributed by atoms with Crippen molar-refractivity contribution in [2.75, 3.05) is 13.1 Å². The molecule has 142 valence electrons. The van der Waals surface area contributed by atoms with Crippen LogP contribution in [0.5, 0.6) is 0 Å². The number of hydrogen-bond donors (Lipinski definition) is 0. The third-order valence-electron chi connectivity index (χ3n) is 5.16. The number of imidazole rings is 1. The molecule has 0 spiro atoms. The van der Waals surface area contributed by atoms with Crippen LogP contribution in [0.15, 0.2) is 48.7 Å². The van der Waals surface area contributed by atoms with E-state index in [4.69, 9.17) is 4.98 Å². The smallest absolute Gasteiger partial charge is 0.246 e. The molecule has 1 aliphatic rings. The van der Waals surface area contributed by atoms with E-state index in [0.29, 0.717) is 25.9 Å². The van der Waals surface area contributed by atoms with Crippen LogP contribution in [0.25, 0.3) is 23.0 Å². The second kappa shape index (κ2) is 7.43. The molecule has 1 amide bonds. The van der Waals surface area contributed by atoms with Gasteiger partial charge in [0, 0.05) is 43.8 Å². The number of piperidine rings is 1. The van der Waals surface area contributed by atoms with E-state index in [-0.39, 0.29) is 11.7 Å². The Balaban J connectivity index is 1.72. The number of amides is 1. The second-order valence-corrected chi connectivity index (χ2v) is 7.34. The zero-order valence-electron chi connectivity index (χ0n) is 16.2. The number of Topliss-reactive ketones (excluding diaryl/α,β-unsaturated/α-hetero) is 1. The number of fused-ring (bicyclic) bond motifs is 1. The van der Waals surface area contributed by atoms with Gasteiger partial charge in [-0.1, -0.05) is 29.8 Å². The van der Waals surface area contributed by atoms with Crippen molar-refractivity contribution in [3.63, 3.8) is 0 Å². The first-order valence-electron chi connectivity index (χ1n) is 9.56. The minimum absolute atomic E-state index is 0.0654. The molecule has 0 radical (unpaired) electrons. The maximum Gasteiger partial charge on any atom is 0.246 e. The van der Waals surface area contributed by atoms with E-state index in [1.165, 1.54) is 5.56 Å². The summed E-state index contributed by atoms with van der Waals surface area (Å²) in [7, 11) is 0. The monoisotopic (exact) mass is 373 g/mol. The van der Waals surface area contributed by atoms with Crippen LogP contribution < -0.4 is 0 Å². The van der Waals surface area contributed by atoms with Crippen molar-refractivity contribution in [2.24, 2.45) is 0 Å². The molecule has 2 aromatic heterocycles. The van der Waals surface area contributed by atoms with E-state index >= 15 is 0 Å². The van der Waals surface area contributed by atoms with Crippen LogP contribution in [-0.4, -0.2) is 39.1 Å². The number of hydrogen-bond acceptors (Lipinski definition) is 3. The summed E-state index contributed by atoms with van der Waals surface area (Å²) in [5.74, 6) is 0.163. The van der Waals surface area contributed by atoms with E-state index in [1.807, 2.05) is 35.7 Å². The zero-order valence-corrected chi connectivity index (χ0v) is 16.2. The Kier molecular flexibility index (Phi) is 4.82. The lowest BCUT2D eigenvalue weighted by Gasteiger charge is -2.24. The molecular weight excluding hydrogens is 350 g/mol. The quantitative estimate of drug-likeness (QED) is 0.656. The summed E-state index contributed by atoms with van der Waals surface area (Å²) in [6.45, 7) is 5.09. The number of carbonyl (C=O) groups is 2. The fraction of sp³-hybridized carbons (Fsp3) is 0.261. The van der Waals surface area contributed by atoms with E-state index in [0.717, 1.165) is 28.2 Å². The summed E-state index contributed by atoms with van der Waals surface area (Å²) in [4.78, 5) is 30.5. The summed E-state index contributed by atoms with van der Waals surface area (Å²) in [6.07, 6.45) is 6.31. The Hall–Kier alpha value is -3.21. The van der Waals surface area contributed by atoms with E-state index in [9.17, 15) is 9.59 Å². The first-order valence-corrected chi connectivity index (χ1v) is 9.56. The average molecular weight is 373 g/mol. The van der Waals surface area contributed by atoms with Crippen LogP contribution in [0.3, 0.4) is 0 Å². The Labute approximate surface area is 164 Å². The molecule has 5 nitrogen and oxygen atoms in total. The lowest BCUT2D eigenvalue weighted by atomic mass is 10.1. The molecule has 5 heteroatoms. The van der Waals surface area contributed by atoms with Gasteiger partial charge in [0.15, 0.2) is 0 Å². The van der Waals surface area contributed by atoms with Crippen molar-refractivity contribution in [3.8, 4) is 11.3 Å². The number of aryl methyl sites for hydroxylation is 2. The molecule has 0 atom stereocenters. The van der Waals surface area contributed by atoms with Gasteiger partial charge in [-0.15, -0.1) is 0 Å². The van der Waals surface area contributed by atoms with Crippen LogP contribution in [0.4, 0.5) is 0 Å². The molecule has 0 saturated carbocycles. The molecule has 0 bridgehead atoms. The van der Waals surface area contributed by atoms with Crippen molar-refractivity contribution in [2.45, 2.75) is 26.7 Å². The number of nitrogens with zero attached hydrogens (tertiary/aromatic N) is 3. The fourth-order valence-corrected chi connectivity index (χ4v) is 3.48. The third-order valence-corrected chi connectivity index (χ3v) is 5.16. The number of benzene rings is 1. The van der Waals surface area contributed by atoms with Crippen LogP contribution in [0, 0.1) is 13.8 Å². The highest BCUT2D eigenvalue weighted by atomic mass is 16.2. The van der Waals surface area contributed by atoms with Gasteiger partial charge in [0.05, 0.1) is 11.4 Å². The maximum absolute atomic E-state index is 12.6. The molecule has 3 aromatic rings.